The summed E-state index contributed by atoms with van der Waals surface area (Å²) in [4.78, 5) is 11.3. The second-order valence-corrected chi connectivity index (χ2v) is 12.8. The third-order valence-electron chi connectivity index (χ3n) is 5.86. The standard InChI is InChI=1S/C22H20F7NO6S2/c1-37(32,33)19-10-12(21(24,25)26)2-8-16(19)20(31)30-13-3-5-14(6-4-13)38(34,35)15-7-9-17(23)18(11-15)36-22(27,28)29/h2,7-11,13-14H,3-6H2,1H3,(H,30,31). The van der Waals surface area contributed by atoms with Crippen molar-refractivity contribution >= 4 is 25.6 Å². The van der Waals surface area contributed by atoms with E-state index >= 15 is 0 Å². The van der Waals surface area contributed by atoms with Gasteiger partial charge in [0.25, 0.3) is 5.91 Å². The number of carbonyl (C=O) groups excluding carboxylic acids is 1. The topological polar surface area (TPSA) is 107 Å². The van der Waals surface area contributed by atoms with E-state index in [1.54, 1.807) is 0 Å². The number of halogens is 7. The summed E-state index contributed by atoms with van der Waals surface area (Å²) in [6.45, 7) is 0. The highest BCUT2D eigenvalue weighted by Gasteiger charge is 2.37. The average Bonchev–Trinajstić information content (AvgIpc) is 2.78. The molecule has 0 radical (unpaired) electrons. The van der Waals surface area contributed by atoms with E-state index in [0.29, 0.717) is 30.5 Å². The Bertz CT molecular complexity index is 1430. The molecule has 1 amide bonds. The molecule has 0 saturated heterocycles. The second-order valence-electron chi connectivity index (χ2n) is 8.61. The Balaban J connectivity index is 1.73. The van der Waals surface area contributed by atoms with E-state index in [2.05, 4.69) is 10.1 Å². The Morgan fingerprint density at radius 2 is 1.53 bits per heavy atom. The van der Waals surface area contributed by atoms with Gasteiger partial charge in [0.05, 0.1) is 26.2 Å². The molecule has 0 spiro atoms. The number of sulfone groups is 2. The quantitative estimate of drug-likeness (QED) is 0.387. The molecule has 2 aromatic carbocycles. The normalized spacial score (nSPS) is 19.2. The molecular formula is C22H20F7NO6S2. The van der Waals surface area contributed by atoms with Crippen molar-refractivity contribution in [1.82, 2.24) is 5.32 Å². The first kappa shape index (κ1) is 29.7. The van der Waals surface area contributed by atoms with E-state index in [1.165, 1.54) is 0 Å². The number of carbonyl (C=O) groups is 1. The zero-order chi connectivity index (χ0) is 28.7. The van der Waals surface area contributed by atoms with Gasteiger partial charge in [-0.15, -0.1) is 13.2 Å². The van der Waals surface area contributed by atoms with E-state index in [1.807, 2.05) is 0 Å². The predicted molar refractivity (Wildman–Crippen MR) is 118 cm³/mol. The van der Waals surface area contributed by atoms with Crippen LogP contribution in [0, 0.1) is 5.82 Å². The van der Waals surface area contributed by atoms with Gasteiger partial charge in [0, 0.05) is 18.4 Å². The summed E-state index contributed by atoms with van der Waals surface area (Å²) in [5.74, 6) is -3.69. The number of nitrogens with one attached hydrogen (secondary N) is 1. The van der Waals surface area contributed by atoms with Gasteiger partial charge in [0.2, 0.25) is 0 Å². The van der Waals surface area contributed by atoms with Crippen molar-refractivity contribution in [3.8, 4) is 5.75 Å². The number of hydrogen-bond acceptors (Lipinski definition) is 6. The molecule has 0 unspecified atom stereocenters. The maximum atomic E-state index is 13.7. The predicted octanol–water partition coefficient (Wildman–Crippen LogP) is 4.66. The lowest BCUT2D eigenvalue weighted by Gasteiger charge is -2.29. The lowest BCUT2D eigenvalue weighted by Crippen LogP contribution is -2.40. The van der Waals surface area contributed by atoms with Gasteiger partial charge in [0.15, 0.2) is 31.2 Å². The lowest BCUT2D eigenvalue weighted by molar-refractivity contribution is -0.275. The van der Waals surface area contributed by atoms with E-state index in [-0.39, 0.29) is 25.7 Å². The molecule has 7 nitrogen and oxygen atoms in total. The molecule has 1 saturated carbocycles. The highest BCUT2D eigenvalue weighted by atomic mass is 32.2. The highest BCUT2D eigenvalue weighted by molar-refractivity contribution is 7.92. The van der Waals surface area contributed by atoms with Crippen LogP contribution in [0.2, 0.25) is 0 Å². The molecule has 0 aliphatic heterocycles. The Kier molecular flexibility index (Phi) is 8.09. The van der Waals surface area contributed by atoms with Crippen LogP contribution in [0.25, 0.3) is 0 Å². The number of alkyl halides is 6. The van der Waals surface area contributed by atoms with Crippen molar-refractivity contribution in [3.63, 3.8) is 0 Å². The van der Waals surface area contributed by atoms with Crippen LogP contribution in [0.15, 0.2) is 46.2 Å². The summed E-state index contributed by atoms with van der Waals surface area (Å²) in [6.07, 6.45) is -9.46. The molecule has 16 heteroatoms. The Morgan fingerprint density at radius 1 is 0.921 bits per heavy atom. The van der Waals surface area contributed by atoms with E-state index in [9.17, 15) is 52.4 Å². The van der Waals surface area contributed by atoms with Crippen molar-refractivity contribution in [2.45, 2.75) is 59.3 Å². The lowest BCUT2D eigenvalue weighted by atomic mass is 9.94. The first-order valence-electron chi connectivity index (χ1n) is 10.8. The fraction of sp³-hybridized carbons (Fsp3) is 0.409. The van der Waals surface area contributed by atoms with E-state index in [4.69, 9.17) is 0 Å². The van der Waals surface area contributed by atoms with Gasteiger partial charge in [-0.3, -0.25) is 4.79 Å². The van der Waals surface area contributed by atoms with Crippen LogP contribution in [-0.2, 0) is 25.9 Å². The van der Waals surface area contributed by atoms with Crippen molar-refractivity contribution < 1.29 is 57.1 Å². The molecule has 0 heterocycles. The number of hydrogen-bond donors (Lipinski definition) is 1. The van der Waals surface area contributed by atoms with Gasteiger partial charge >= 0.3 is 12.5 Å². The van der Waals surface area contributed by atoms with Gasteiger partial charge in [-0.2, -0.15) is 13.2 Å². The summed E-state index contributed by atoms with van der Waals surface area (Å²) in [5.41, 5.74) is -1.77. The first-order valence-corrected chi connectivity index (χ1v) is 14.2. The molecule has 1 N–H and O–H groups in total. The smallest absolute Gasteiger partial charge is 0.403 e. The van der Waals surface area contributed by atoms with Gasteiger partial charge in [0.1, 0.15) is 0 Å². The number of amides is 1. The van der Waals surface area contributed by atoms with Gasteiger partial charge in [-0.25, -0.2) is 21.2 Å². The minimum absolute atomic E-state index is 0.0532. The summed E-state index contributed by atoms with van der Waals surface area (Å²) >= 11 is 0. The van der Waals surface area contributed by atoms with Crippen LogP contribution in [-0.4, -0.2) is 46.7 Å². The third-order valence-corrected chi connectivity index (χ3v) is 9.25. The zero-order valence-corrected chi connectivity index (χ0v) is 21.0. The Hall–Kier alpha value is -2.88. The minimum atomic E-state index is -5.25. The third kappa shape index (κ3) is 6.95. The van der Waals surface area contributed by atoms with Crippen LogP contribution in [0.5, 0.6) is 5.75 Å². The van der Waals surface area contributed by atoms with Crippen LogP contribution >= 0.6 is 0 Å². The molecule has 210 valence electrons. The number of ether oxygens (including phenoxy) is 1. The Morgan fingerprint density at radius 3 is 2.05 bits per heavy atom. The molecule has 2 aromatic rings. The molecular weight excluding hydrogens is 571 g/mol. The van der Waals surface area contributed by atoms with Crippen molar-refractivity contribution in [3.05, 3.63) is 53.3 Å². The van der Waals surface area contributed by atoms with Crippen LogP contribution in [0.4, 0.5) is 30.7 Å². The summed E-state index contributed by atoms with van der Waals surface area (Å²) in [6, 6.07) is 2.76. The minimum Gasteiger partial charge on any atom is -0.403 e. The molecule has 3 rings (SSSR count). The van der Waals surface area contributed by atoms with Gasteiger partial charge < -0.3 is 10.1 Å². The molecule has 0 atom stereocenters. The first-order chi connectivity index (χ1) is 17.3. The maximum Gasteiger partial charge on any atom is 0.573 e. The fourth-order valence-corrected chi connectivity index (χ4v) is 6.74. The average molecular weight is 592 g/mol. The van der Waals surface area contributed by atoms with E-state index < -0.39 is 81.9 Å². The monoisotopic (exact) mass is 591 g/mol. The number of benzene rings is 2. The highest BCUT2D eigenvalue weighted by Crippen LogP contribution is 2.34. The van der Waals surface area contributed by atoms with Crippen molar-refractivity contribution in [2.24, 2.45) is 0 Å². The summed E-state index contributed by atoms with van der Waals surface area (Å²) < 4.78 is 144. The zero-order valence-electron chi connectivity index (χ0n) is 19.4. The van der Waals surface area contributed by atoms with Crippen LogP contribution in [0.3, 0.4) is 0 Å². The number of rotatable bonds is 6. The molecule has 38 heavy (non-hydrogen) atoms. The van der Waals surface area contributed by atoms with Gasteiger partial charge in [-0.05, 0) is 56.0 Å². The SMILES string of the molecule is CS(=O)(=O)c1cc(C(F)(F)F)ccc1C(=O)NC1CCC(S(=O)(=O)c2ccc(F)c(OC(F)(F)F)c2)CC1. The molecule has 0 aromatic heterocycles. The molecule has 1 fully saturated rings. The van der Waals surface area contributed by atoms with Gasteiger partial charge in [-0.1, -0.05) is 0 Å². The van der Waals surface area contributed by atoms with Crippen molar-refractivity contribution in [2.75, 3.05) is 6.26 Å². The molecule has 0 bridgehead atoms. The second kappa shape index (κ2) is 10.4. The van der Waals surface area contributed by atoms with Crippen molar-refractivity contribution in [1.29, 1.82) is 0 Å². The maximum absolute atomic E-state index is 13.7. The Labute approximate surface area is 212 Å². The van der Waals surface area contributed by atoms with Crippen LogP contribution in [0.1, 0.15) is 41.6 Å². The largest absolute Gasteiger partial charge is 0.573 e. The summed E-state index contributed by atoms with van der Waals surface area (Å²) in [5, 5.41) is 1.40. The summed E-state index contributed by atoms with van der Waals surface area (Å²) in [7, 11) is -8.44. The van der Waals surface area contributed by atoms with Crippen LogP contribution < -0.4 is 10.1 Å². The fourth-order valence-electron chi connectivity index (χ4n) is 4.03. The molecule has 1 aliphatic carbocycles. The molecule has 1 aliphatic rings. The van der Waals surface area contributed by atoms with E-state index in [0.717, 1.165) is 12.1 Å².